The molecular formula is C17H18F3NO2. The van der Waals surface area contributed by atoms with Crippen LogP contribution in [0.5, 0.6) is 0 Å². The van der Waals surface area contributed by atoms with Gasteiger partial charge in [0, 0.05) is 36.6 Å². The summed E-state index contributed by atoms with van der Waals surface area (Å²) in [5.41, 5.74) is -0.138. The summed E-state index contributed by atoms with van der Waals surface area (Å²) in [6, 6.07) is 1.46. The summed E-state index contributed by atoms with van der Waals surface area (Å²) in [7, 11) is 0. The molecule has 1 amide bonds. The third-order valence-electron chi connectivity index (χ3n) is 4.09. The monoisotopic (exact) mass is 325 g/mol. The Morgan fingerprint density at radius 1 is 1.30 bits per heavy atom. The molecule has 1 aliphatic rings. The molecule has 0 aromatic heterocycles. The maximum atomic E-state index is 13.1. The first kappa shape index (κ1) is 17.2. The number of halogens is 3. The minimum atomic E-state index is -1.57. The molecule has 0 radical (unpaired) electrons. The molecule has 1 saturated carbocycles. The van der Waals surface area contributed by atoms with E-state index in [0.717, 1.165) is 12.1 Å². The van der Waals surface area contributed by atoms with Crippen LogP contribution in [-0.4, -0.2) is 11.7 Å². The number of rotatable bonds is 5. The largest absolute Gasteiger partial charge is 0.326 e. The summed E-state index contributed by atoms with van der Waals surface area (Å²) >= 11 is 0. The smallest absolute Gasteiger partial charge is 0.224 e. The number of hydrogen-bond donors (Lipinski definition) is 1. The highest BCUT2D eigenvalue weighted by Gasteiger charge is 2.34. The molecule has 124 valence electrons. The van der Waals surface area contributed by atoms with Gasteiger partial charge in [-0.2, -0.15) is 0 Å². The van der Waals surface area contributed by atoms with Crippen LogP contribution in [0.3, 0.4) is 0 Å². The molecule has 0 aliphatic heterocycles. The molecule has 0 unspecified atom stereocenters. The van der Waals surface area contributed by atoms with Crippen LogP contribution in [-0.2, 0) is 9.59 Å². The molecule has 2 atom stereocenters. The van der Waals surface area contributed by atoms with E-state index in [1.807, 2.05) is 19.1 Å². The quantitative estimate of drug-likeness (QED) is 0.657. The Balaban J connectivity index is 2.00. The summed E-state index contributed by atoms with van der Waals surface area (Å²) in [5, 5.41) is 2.35. The van der Waals surface area contributed by atoms with Crippen LogP contribution in [0.2, 0.25) is 0 Å². The molecule has 0 heterocycles. The Morgan fingerprint density at radius 3 is 2.57 bits per heavy atom. The number of anilines is 1. The molecule has 6 heteroatoms. The van der Waals surface area contributed by atoms with Gasteiger partial charge in [-0.25, -0.2) is 13.2 Å². The Hall–Kier alpha value is -2.11. The van der Waals surface area contributed by atoms with Gasteiger partial charge >= 0.3 is 0 Å². The Bertz CT molecular complexity index is 620. The van der Waals surface area contributed by atoms with Gasteiger partial charge in [0.15, 0.2) is 17.5 Å². The van der Waals surface area contributed by atoms with Gasteiger partial charge in [-0.05, 0) is 25.7 Å². The molecule has 1 N–H and O–H groups in total. The van der Waals surface area contributed by atoms with Crippen molar-refractivity contribution in [1.82, 2.24) is 0 Å². The average Bonchev–Trinajstić information content (AvgIpc) is 2.82. The minimum Gasteiger partial charge on any atom is -0.326 e. The molecule has 1 aromatic rings. The number of amides is 1. The summed E-state index contributed by atoms with van der Waals surface area (Å²) in [4.78, 5) is 23.9. The maximum Gasteiger partial charge on any atom is 0.224 e. The van der Waals surface area contributed by atoms with Crippen LogP contribution in [0, 0.1) is 29.3 Å². The first-order valence-electron chi connectivity index (χ1n) is 7.50. The Kier molecular flexibility index (Phi) is 5.58. The van der Waals surface area contributed by atoms with Crippen molar-refractivity contribution in [2.45, 2.75) is 32.6 Å². The Morgan fingerprint density at radius 2 is 1.96 bits per heavy atom. The Labute approximate surface area is 132 Å². The fourth-order valence-corrected chi connectivity index (χ4v) is 2.91. The molecule has 0 bridgehead atoms. The first-order valence-corrected chi connectivity index (χ1v) is 7.50. The number of allylic oxidation sites excluding steroid dienone is 2. The van der Waals surface area contributed by atoms with E-state index >= 15 is 0 Å². The van der Waals surface area contributed by atoms with Crippen molar-refractivity contribution in [1.29, 1.82) is 0 Å². The third kappa shape index (κ3) is 4.21. The lowest BCUT2D eigenvalue weighted by molar-refractivity contribution is -0.121. The summed E-state index contributed by atoms with van der Waals surface area (Å²) in [6.45, 7) is 1.86. The van der Waals surface area contributed by atoms with Crippen molar-refractivity contribution < 1.29 is 22.8 Å². The zero-order chi connectivity index (χ0) is 17.0. The average molecular weight is 325 g/mol. The normalized spacial score (nSPS) is 21.1. The van der Waals surface area contributed by atoms with Gasteiger partial charge in [0.1, 0.15) is 5.78 Å². The van der Waals surface area contributed by atoms with Crippen LogP contribution in [0.25, 0.3) is 0 Å². The van der Waals surface area contributed by atoms with E-state index in [0.29, 0.717) is 19.3 Å². The van der Waals surface area contributed by atoms with Gasteiger partial charge in [0.05, 0.1) is 0 Å². The van der Waals surface area contributed by atoms with Crippen molar-refractivity contribution in [2.24, 2.45) is 11.8 Å². The molecule has 1 aromatic carbocycles. The molecule has 3 nitrogen and oxygen atoms in total. The van der Waals surface area contributed by atoms with Gasteiger partial charge in [0.2, 0.25) is 5.91 Å². The van der Waals surface area contributed by atoms with Crippen LogP contribution in [0.4, 0.5) is 18.9 Å². The van der Waals surface area contributed by atoms with Crippen LogP contribution >= 0.6 is 0 Å². The zero-order valence-corrected chi connectivity index (χ0v) is 12.7. The predicted molar refractivity (Wildman–Crippen MR) is 80.2 cm³/mol. The van der Waals surface area contributed by atoms with Crippen molar-refractivity contribution >= 4 is 17.4 Å². The van der Waals surface area contributed by atoms with Gasteiger partial charge in [-0.15, -0.1) is 0 Å². The SMILES string of the molecule is C/C=C\C[C@H]1C(=O)CC[C@@H]1CC(=O)Nc1cc(F)c(F)c(F)c1. The molecule has 0 spiro atoms. The van der Waals surface area contributed by atoms with Crippen LogP contribution < -0.4 is 5.32 Å². The van der Waals surface area contributed by atoms with E-state index in [4.69, 9.17) is 0 Å². The fourth-order valence-electron chi connectivity index (χ4n) is 2.91. The van der Waals surface area contributed by atoms with E-state index in [1.165, 1.54) is 0 Å². The minimum absolute atomic E-state index is 0.0890. The number of carbonyl (C=O) groups excluding carboxylic acids is 2. The first-order chi connectivity index (χ1) is 10.9. The number of ketones is 1. The van der Waals surface area contributed by atoms with E-state index in [1.54, 1.807) is 0 Å². The molecule has 1 aliphatic carbocycles. The molecule has 23 heavy (non-hydrogen) atoms. The number of Topliss-reactive ketones (excluding diaryl/α,β-unsaturated/α-hetero) is 1. The van der Waals surface area contributed by atoms with Gasteiger partial charge in [-0.1, -0.05) is 12.2 Å². The highest BCUT2D eigenvalue weighted by Crippen LogP contribution is 2.34. The van der Waals surface area contributed by atoms with Crippen molar-refractivity contribution in [2.75, 3.05) is 5.32 Å². The second kappa shape index (κ2) is 7.44. The van der Waals surface area contributed by atoms with Crippen molar-refractivity contribution in [3.8, 4) is 0 Å². The summed E-state index contributed by atoms with van der Waals surface area (Å²) in [5.74, 6) is -4.88. The highest BCUT2D eigenvalue weighted by atomic mass is 19.2. The molecular weight excluding hydrogens is 307 g/mol. The maximum absolute atomic E-state index is 13.1. The van der Waals surface area contributed by atoms with Crippen LogP contribution in [0.1, 0.15) is 32.6 Å². The second-order valence-electron chi connectivity index (χ2n) is 5.68. The topological polar surface area (TPSA) is 46.2 Å². The lowest BCUT2D eigenvalue weighted by atomic mass is 9.89. The predicted octanol–water partition coefficient (Wildman–Crippen LogP) is 3.99. The second-order valence-corrected chi connectivity index (χ2v) is 5.68. The highest BCUT2D eigenvalue weighted by molar-refractivity contribution is 5.92. The zero-order valence-electron chi connectivity index (χ0n) is 12.7. The van der Waals surface area contributed by atoms with Crippen molar-refractivity contribution in [3.05, 3.63) is 41.7 Å². The summed E-state index contributed by atoms with van der Waals surface area (Å²) in [6.07, 6.45) is 5.50. The lowest BCUT2D eigenvalue weighted by Crippen LogP contribution is -2.21. The van der Waals surface area contributed by atoms with E-state index in [-0.39, 0.29) is 29.7 Å². The number of nitrogens with one attached hydrogen (secondary N) is 1. The molecule has 0 saturated heterocycles. The van der Waals surface area contributed by atoms with Gasteiger partial charge in [0.25, 0.3) is 0 Å². The molecule has 2 rings (SSSR count). The standard InChI is InChI=1S/C17H18F3NO2/c1-2-3-4-12-10(5-6-15(12)22)7-16(23)21-11-8-13(18)17(20)14(19)9-11/h2-3,8-10,12H,4-7H2,1H3,(H,21,23)/b3-2-/t10-,12-/m1/s1. The lowest BCUT2D eigenvalue weighted by Gasteiger charge is -2.16. The fraction of sp³-hybridized carbons (Fsp3) is 0.412. The number of benzene rings is 1. The van der Waals surface area contributed by atoms with Gasteiger partial charge < -0.3 is 5.32 Å². The van der Waals surface area contributed by atoms with Crippen LogP contribution in [0.15, 0.2) is 24.3 Å². The van der Waals surface area contributed by atoms with E-state index < -0.39 is 23.4 Å². The molecule has 1 fully saturated rings. The number of hydrogen-bond acceptors (Lipinski definition) is 2. The summed E-state index contributed by atoms with van der Waals surface area (Å²) < 4.78 is 39.1. The number of carbonyl (C=O) groups is 2. The van der Waals surface area contributed by atoms with Crippen molar-refractivity contribution in [3.63, 3.8) is 0 Å². The van der Waals surface area contributed by atoms with E-state index in [2.05, 4.69) is 5.32 Å². The van der Waals surface area contributed by atoms with Gasteiger partial charge in [-0.3, -0.25) is 9.59 Å². The third-order valence-corrected chi connectivity index (χ3v) is 4.09. The van der Waals surface area contributed by atoms with E-state index in [9.17, 15) is 22.8 Å².